The summed E-state index contributed by atoms with van der Waals surface area (Å²) in [7, 11) is 0. The van der Waals surface area contributed by atoms with Crippen LogP contribution in [0.3, 0.4) is 0 Å². The Balaban J connectivity index is 2.02. The summed E-state index contributed by atoms with van der Waals surface area (Å²) in [6, 6.07) is -0.577. The Morgan fingerprint density at radius 2 is 1.95 bits per heavy atom. The molecule has 1 saturated heterocycles. The standard InChI is InChI=1S/C14H24N2O3/c1-2-19-14(18)12-8-11(15)9-16(12)13(17)10-6-4-3-5-7-10/h10-12H,2-9,15H2,1H3/t11-,12?/m0/s1. The number of hydrogen-bond acceptors (Lipinski definition) is 4. The van der Waals surface area contributed by atoms with Crippen molar-refractivity contribution in [2.75, 3.05) is 13.2 Å². The van der Waals surface area contributed by atoms with E-state index in [0.29, 0.717) is 19.6 Å². The molecule has 2 fully saturated rings. The number of nitrogens with two attached hydrogens (primary N) is 1. The van der Waals surface area contributed by atoms with E-state index in [2.05, 4.69) is 0 Å². The van der Waals surface area contributed by atoms with E-state index in [4.69, 9.17) is 10.5 Å². The van der Waals surface area contributed by atoms with E-state index in [1.165, 1.54) is 6.42 Å². The van der Waals surface area contributed by atoms with E-state index in [-0.39, 0.29) is 23.8 Å². The van der Waals surface area contributed by atoms with Crippen molar-refractivity contribution in [1.29, 1.82) is 0 Å². The van der Waals surface area contributed by atoms with E-state index in [1.54, 1.807) is 11.8 Å². The van der Waals surface area contributed by atoms with Crippen molar-refractivity contribution in [3.05, 3.63) is 0 Å². The maximum absolute atomic E-state index is 12.5. The molecule has 5 heteroatoms. The van der Waals surface area contributed by atoms with Crippen LogP contribution in [0.1, 0.15) is 45.4 Å². The number of likely N-dealkylation sites (tertiary alicyclic amines) is 1. The minimum absolute atomic E-state index is 0.0796. The van der Waals surface area contributed by atoms with Gasteiger partial charge in [0.2, 0.25) is 5.91 Å². The molecular formula is C14H24N2O3. The molecule has 0 aromatic heterocycles. The number of esters is 1. The summed E-state index contributed by atoms with van der Waals surface area (Å²) in [5.74, 6) is -0.124. The van der Waals surface area contributed by atoms with E-state index >= 15 is 0 Å². The van der Waals surface area contributed by atoms with Crippen LogP contribution in [0.15, 0.2) is 0 Å². The van der Waals surface area contributed by atoms with Crippen molar-refractivity contribution in [2.24, 2.45) is 11.7 Å². The lowest BCUT2D eigenvalue weighted by atomic mass is 9.88. The van der Waals surface area contributed by atoms with Crippen molar-refractivity contribution in [3.8, 4) is 0 Å². The van der Waals surface area contributed by atoms with Gasteiger partial charge in [0.1, 0.15) is 6.04 Å². The number of rotatable bonds is 3. The summed E-state index contributed by atoms with van der Waals surface area (Å²) in [4.78, 5) is 26.1. The first-order chi connectivity index (χ1) is 9.13. The zero-order chi connectivity index (χ0) is 13.8. The summed E-state index contributed by atoms with van der Waals surface area (Å²) < 4.78 is 5.05. The fraction of sp³-hybridized carbons (Fsp3) is 0.857. The van der Waals surface area contributed by atoms with Crippen molar-refractivity contribution in [2.45, 2.75) is 57.5 Å². The van der Waals surface area contributed by atoms with Gasteiger partial charge in [0.05, 0.1) is 6.61 Å². The molecule has 1 heterocycles. The van der Waals surface area contributed by atoms with Gasteiger partial charge >= 0.3 is 5.97 Å². The van der Waals surface area contributed by atoms with Crippen molar-refractivity contribution in [3.63, 3.8) is 0 Å². The van der Waals surface area contributed by atoms with Crippen LogP contribution < -0.4 is 5.73 Å². The van der Waals surface area contributed by atoms with Crippen LogP contribution in [0.5, 0.6) is 0 Å². The number of carbonyl (C=O) groups excluding carboxylic acids is 2. The predicted molar refractivity (Wildman–Crippen MR) is 71.3 cm³/mol. The van der Waals surface area contributed by atoms with Gasteiger partial charge in [-0.25, -0.2) is 4.79 Å². The molecule has 0 aromatic carbocycles. The van der Waals surface area contributed by atoms with Crippen molar-refractivity contribution < 1.29 is 14.3 Å². The zero-order valence-corrected chi connectivity index (χ0v) is 11.6. The molecule has 0 spiro atoms. The Labute approximate surface area is 114 Å². The molecule has 1 saturated carbocycles. The van der Waals surface area contributed by atoms with E-state index in [9.17, 15) is 9.59 Å². The van der Waals surface area contributed by atoms with Crippen LogP contribution in [-0.2, 0) is 14.3 Å². The van der Waals surface area contributed by atoms with Crippen LogP contribution in [0.4, 0.5) is 0 Å². The van der Waals surface area contributed by atoms with Crippen LogP contribution in [0.25, 0.3) is 0 Å². The number of ether oxygens (including phenoxy) is 1. The molecule has 0 bridgehead atoms. The number of amides is 1. The minimum Gasteiger partial charge on any atom is -0.464 e. The number of hydrogen-bond donors (Lipinski definition) is 1. The number of carbonyl (C=O) groups is 2. The Morgan fingerprint density at radius 3 is 2.58 bits per heavy atom. The highest BCUT2D eigenvalue weighted by atomic mass is 16.5. The Kier molecular flexibility index (Phi) is 4.80. The maximum Gasteiger partial charge on any atom is 0.328 e. The predicted octanol–water partition coefficient (Wildman–Crippen LogP) is 1.06. The van der Waals surface area contributed by atoms with Crippen LogP contribution in [-0.4, -0.2) is 42.0 Å². The largest absolute Gasteiger partial charge is 0.464 e. The lowest BCUT2D eigenvalue weighted by Gasteiger charge is -2.29. The molecule has 0 radical (unpaired) electrons. The molecule has 2 aliphatic rings. The van der Waals surface area contributed by atoms with Crippen LogP contribution in [0.2, 0.25) is 0 Å². The second-order valence-corrected chi connectivity index (χ2v) is 5.59. The average Bonchev–Trinajstić information content (AvgIpc) is 2.81. The van der Waals surface area contributed by atoms with Crippen molar-refractivity contribution in [1.82, 2.24) is 4.90 Å². The molecule has 2 rings (SSSR count). The van der Waals surface area contributed by atoms with Gasteiger partial charge in [0, 0.05) is 18.5 Å². The van der Waals surface area contributed by atoms with E-state index in [1.807, 2.05) is 0 Å². The molecular weight excluding hydrogens is 244 g/mol. The summed E-state index contributed by atoms with van der Waals surface area (Å²) >= 11 is 0. The first-order valence-corrected chi connectivity index (χ1v) is 7.36. The highest BCUT2D eigenvalue weighted by molar-refractivity contribution is 5.86. The van der Waals surface area contributed by atoms with Gasteiger partial charge in [-0.15, -0.1) is 0 Å². The second kappa shape index (κ2) is 6.37. The van der Waals surface area contributed by atoms with E-state index < -0.39 is 6.04 Å². The summed E-state index contributed by atoms with van der Waals surface area (Å²) in [5.41, 5.74) is 5.92. The first-order valence-electron chi connectivity index (χ1n) is 7.36. The maximum atomic E-state index is 12.5. The SMILES string of the molecule is CCOC(=O)C1C[C@H](N)CN1C(=O)C1CCCCC1. The third kappa shape index (κ3) is 3.26. The minimum atomic E-state index is -0.468. The first kappa shape index (κ1) is 14.3. The molecule has 5 nitrogen and oxygen atoms in total. The van der Waals surface area contributed by atoms with Crippen molar-refractivity contribution >= 4 is 11.9 Å². The molecule has 1 aliphatic heterocycles. The van der Waals surface area contributed by atoms with E-state index in [0.717, 1.165) is 25.7 Å². The van der Waals surface area contributed by atoms with Gasteiger partial charge in [-0.05, 0) is 26.2 Å². The molecule has 2 atom stereocenters. The lowest BCUT2D eigenvalue weighted by molar-refractivity contribution is -0.154. The number of nitrogens with zero attached hydrogens (tertiary/aromatic N) is 1. The monoisotopic (exact) mass is 268 g/mol. The molecule has 1 unspecified atom stereocenters. The van der Waals surface area contributed by atoms with Gasteiger partial charge in [-0.2, -0.15) is 0 Å². The molecule has 2 N–H and O–H groups in total. The summed E-state index contributed by atoms with van der Waals surface area (Å²) in [6.07, 6.45) is 5.85. The fourth-order valence-corrected chi connectivity index (χ4v) is 3.16. The van der Waals surface area contributed by atoms with Gasteiger partial charge in [-0.1, -0.05) is 19.3 Å². The van der Waals surface area contributed by atoms with Gasteiger partial charge in [-0.3, -0.25) is 4.79 Å². The molecule has 1 aliphatic carbocycles. The summed E-state index contributed by atoms with van der Waals surface area (Å²) in [6.45, 7) is 2.61. The third-order valence-electron chi connectivity index (χ3n) is 4.13. The molecule has 108 valence electrons. The Morgan fingerprint density at radius 1 is 1.26 bits per heavy atom. The molecule has 19 heavy (non-hydrogen) atoms. The zero-order valence-electron chi connectivity index (χ0n) is 11.6. The Bertz CT molecular complexity index is 340. The quantitative estimate of drug-likeness (QED) is 0.777. The van der Waals surface area contributed by atoms with Gasteiger partial charge < -0.3 is 15.4 Å². The van der Waals surface area contributed by atoms with Crippen LogP contribution in [0, 0.1) is 5.92 Å². The topological polar surface area (TPSA) is 72.6 Å². The third-order valence-corrected chi connectivity index (χ3v) is 4.13. The highest BCUT2D eigenvalue weighted by Crippen LogP contribution is 2.28. The average molecular weight is 268 g/mol. The molecule has 0 aromatic rings. The second-order valence-electron chi connectivity index (χ2n) is 5.59. The smallest absolute Gasteiger partial charge is 0.328 e. The lowest BCUT2D eigenvalue weighted by Crippen LogP contribution is -2.45. The van der Waals surface area contributed by atoms with Gasteiger partial charge in [0.25, 0.3) is 0 Å². The summed E-state index contributed by atoms with van der Waals surface area (Å²) in [5, 5.41) is 0. The van der Waals surface area contributed by atoms with Crippen LogP contribution >= 0.6 is 0 Å². The Hall–Kier alpha value is -1.10. The highest BCUT2D eigenvalue weighted by Gasteiger charge is 2.41. The van der Waals surface area contributed by atoms with Gasteiger partial charge in [0.15, 0.2) is 0 Å². The molecule has 1 amide bonds. The normalized spacial score (nSPS) is 28.4. The fourth-order valence-electron chi connectivity index (χ4n) is 3.16.